The number of carbonyl (C=O) groups excluding carboxylic acids is 2. The quantitative estimate of drug-likeness (QED) is 0.356. The Labute approximate surface area is 106 Å². The Morgan fingerprint density at radius 2 is 1.72 bits per heavy atom. The summed E-state index contributed by atoms with van der Waals surface area (Å²) in [6.07, 6.45) is 0.604. The van der Waals surface area contributed by atoms with Crippen LogP contribution in [-0.4, -0.2) is 11.9 Å². The van der Waals surface area contributed by atoms with Crippen molar-refractivity contribution in [2.45, 2.75) is 27.2 Å². The number of allylic oxidation sites excluding steroid dienone is 1. The third-order valence-corrected chi connectivity index (χ3v) is 2.30. The van der Waals surface area contributed by atoms with Crippen molar-refractivity contribution in [2.24, 2.45) is 0 Å². The van der Waals surface area contributed by atoms with Gasteiger partial charge in [-0.3, -0.25) is 4.79 Å². The lowest BCUT2D eigenvalue weighted by atomic mass is 10.2. The lowest BCUT2D eigenvalue weighted by Crippen LogP contribution is -2.17. The summed E-state index contributed by atoms with van der Waals surface area (Å²) >= 11 is 0. The van der Waals surface area contributed by atoms with E-state index in [4.69, 9.17) is 9.47 Å². The van der Waals surface area contributed by atoms with E-state index in [9.17, 15) is 9.59 Å². The van der Waals surface area contributed by atoms with E-state index in [1.807, 2.05) is 13.0 Å². The van der Waals surface area contributed by atoms with Crippen molar-refractivity contribution >= 4 is 11.9 Å². The third kappa shape index (κ3) is 4.05. The minimum Gasteiger partial charge on any atom is -0.421 e. The number of ether oxygens (including phenoxy) is 2. The SMILES string of the molecule is CC/C(C)=C(\OC(C)=O)C(=O)Oc1ccccc1. The van der Waals surface area contributed by atoms with Crippen molar-refractivity contribution in [3.8, 4) is 5.75 Å². The van der Waals surface area contributed by atoms with Crippen molar-refractivity contribution in [1.82, 2.24) is 0 Å². The van der Waals surface area contributed by atoms with Crippen molar-refractivity contribution < 1.29 is 19.1 Å². The van der Waals surface area contributed by atoms with Crippen LogP contribution in [0.2, 0.25) is 0 Å². The van der Waals surface area contributed by atoms with E-state index in [1.54, 1.807) is 31.2 Å². The molecule has 0 N–H and O–H groups in total. The van der Waals surface area contributed by atoms with Crippen LogP contribution < -0.4 is 4.74 Å². The molecule has 4 nitrogen and oxygen atoms in total. The first kappa shape index (κ1) is 14.0. The van der Waals surface area contributed by atoms with Crippen molar-refractivity contribution in [1.29, 1.82) is 0 Å². The maximum atomic E-state index is 11.9. The number of benzene rings is 1. The van der Waals surface area contributed by atoms with Crippen molar-refractivity contribution in [2.75, 3.05) is 0 Å². The molecule has 0 amide bonds. The summed E-state index contributed by atoms with van der Waals surface area (Å²) in [5, 5.41) is 0. The van der Waals surface area contributed by atoms with Gasteiger partial charge in [0.05, 0.1) is 0 Å². The Kier molecular flexibility index (Phi) is 5.11. The molecular formula is C14H16O4. The highest BCUT2D eigenvalue weighted by molar-refractivity contribution is 5.91. The Morgan fingerprint density at radius 3 is 2.22 bits per heavy atom. The van der Waals surface area contributed by atoms with Gasteiger partial charge in [-0.1, -0.05) is 25.1 Å². The van der Waals surface area contributed by atoms with E-state index in [0.717, 1.165) is 0 Å². The second-order valence-electron chi connectivity index (χ2n) is 3.76. The van der Waals surface area contributed by atoms with Gasteiger partial charge in [0.15, 0.2) is 0 Å². The van der Waals surface area contributed by atoms with E-state index in [0.29, 0.717) is 17.7 Å². The number of rotatable bonds is 4. The molecule has 0 aliphatic carbocycles. The van der Waals surface area contributed by atoms with Gasteiger partial charge < -0.3 is 9.47 Å². The van der Waals surface area contributed by atoms with Gasteiger partial charge in [-0.25, -0.2) is 4.79 Å². The molecular weight excluding hydrogens is 232 g/mol. The second-order valence-corrected chi connectivity index (χ2v) is 3.76. The zero-order valence-electron chi connectivity index (χ0n) is 10.7. The van der Waals surface area contributed by atoms with Crippen LogP contribution in [0.25, 0.3) is 0 Å². The minimum atomic E-state index is -0.657. The molecule has 0 bridgehead atoms. The number of carbonyl (C=O) groups is 2. The van der Waals surface area contributed by atoms with Gasteiger partial charge in [0.25, 0.3) is 0 Å². The maximum absolute atomic E-state index is 11.9. The Bertz CT molecular complexity index is 460. The molecule has 1 rings (SSSR count). The molecule has 18 heavy (non-hydrogen) atoms. The lowest BCUT2D eigenvalue weighted by Gasteiger charge is -2.10. The van der Waals surface area contributed by atoms with Crippen LogP contribution in [0.5, 0.6) is 5.75 Å². The molecule has 1 aromatic carbocycles. The van der Waals surface area contributed by atoms with Gasteiger partial charge in [-0.15, -0.1) is 0 Å². The highest BCUT2D eigenvalue weighted by Crippen LogP contribution is 2.15. The molecule has 0 aliphatic rings. The van der Waals surface area contributed by atoms with E-state index < -0.39 is 11.9 Å². The fourth-order valence-electron chi connectivity index (χ4n) is 1.25. The van der Waals surface area contributed by atoms with Crippen molar-refractivity contribution in [3.63, 3.8) is 0 Å². The summed E-state index contributed by atoms with van der Waals surface area (Å²) in [6, 6.07) is 8.64. The molecule has 0 saturated heterocycles. The largest absolute Gasteiger partial charge is 0.421 e. The van der Waals surface area contributed by atoms with Crippen LogP contribution in [0.15, 0.2) is 41.7 Å². The molecule has 0 spiro atoms. The van der Waals surface area contributed by atoms with Crippen LogP contribution in [0.4, 0.5) is 0 Å². The van der Waals surface area contributed by atoms with Gasteiger partial charge in [-0.2, -0.15) is 0 Å². The maximum Gasteiger partial charge on any atom is 0.379 e. The van der Waals surface area contributed by atoms with E-state index in [1.165, 1.54) is 6.92 Å². The number of para-hydroxylation sites is 1. The molecule has 0 saturated carbocycles. The number of esters is 2. The Hall–Kier alpha value is -2.10. The smallest absolute Gasteiger partial charge is 0.379 e. The second kappa shape index (κ2) is 6.59. The zero-order chi connectivity index (χ0) is 13.5. The van der Waals surface area contributed by atoms with Crippen LogP contribution >= 0.6 is 0 Å². The predicted molar refractivity (Wildman–Crippen MR) is 66.8 cm³/mol. The summed E-state index contributed by atoms with van der Waals surface area (Å²) in [7, 11) is 0. The van der Waals surface area contributed by atoms with Crippen LogP contribution in [0.3, 0.4) is 0 Å². The molecule has 1 aromatic rings. The Morgan fingerprint density at radius 1 is 1.11 bits per heavy atom. The third-order valence-electron chi connectivity index (χ3n) is 2.30. The highest BCUT2D eigenvalue weighted by atomic mass is 16.6. The molecule has 0 fully saturated rings. The molecule has 0 aromatic heterocycles. The zero-order valence-corrected chi connectivity index (χ0v) is 10.7. The molecule has 0 atom stereocenters. The molecule has 0 unspecified atom stereocenters. The summed E-state index contributed by atoms with van der Waals surface area (Å²) in [4.78, 5) is 22.9. The molecule has 96 valence electrons. The first-order chi connectivity index (χ1) is 8.54. The topological polar surface area (TPSA) is 52.6 Å². The average Bonchev–Trinajstić information content (AvgIpc) is 2.36. The van der Waals surface area contributed by atoms with E-state index in [2.05, 4.69) is 0 Å². The van der Waals surface area contributed by atoms with E-state index in [-0.39, 0.29) is 5.76 Å². The summed E-state index contributed by atoms with van der Waals surface area (Å²) in [5.74, 6) is -0.816. The normalized spacial score (nSPS) is 11.5. The van der Waals surface area contributed by atoms with Crippen LogP contribution in [0.1, 0.15) is 27.2 Å². The van der Waals surface area contributed by atoms with Crippen molar-refractivity contribution in [3.05, 3.63) is 41.7 Å². The Balaban J connectivity index is 2.87. The molecule has 0 radical (unpaired) electrons. The van der Waals surface area contributed by atoms with Gasteiger partial charge >= 0.3 is 11.9 Å². The molecule has 0 heterocycles. The monoisotopic (exact) mass is 248 g/mol. The van der Waals surface area contributed by atoms with Crippen LogP contribution in [-0.2, 0) is 14.3 Å². The predicted octanol–water partition coefficient (Wildman–Crippen LogP) is 2.84. The number of hydrogen-bond donors (Lipinski definition) is 0. The van der Waals surface area contributed by atoms with Gasteiger partial charge in [0, 0.05) is 6.92 Å². The molecule has 0 aliphatic heterocycles. The average molecular weight is 248 g/mol. The van der Waals surface area contributed by atoms with Crippen LogP contribution in [0, 0.1) is 0 Å². The lowest BCUT2D eigenvalue weighted by molar-refractivity contribution is -0.145. The summed E-state index contributed by atoms with van der Waals surface area (Å²) in [6.45, 7) is 4.85. The number of hydrogen-bond acceptors (Lipinski definition) is 4. The first-order valence-corrected chi connectivity index (χ1v) is 5.70. The fourth-order valence-corrected chi connectivity index (χ4v) is 1.25. The summed E-state index contributed by atoms with van der Waals surface area (Å²) in [5.41, 5.74) is 0.672. The first-order valence-electron chi connectivity index (χ1n) is 5.70. The summed E-state index contributed by atoms with van der Waals surface area (Å²) < 4.78 is 10.0. The highest BCUT2D eigenvalue weighted by Gasteiger charge is 2.18. The van der Waals surface area contributed by atoms with Gasteiger partial charge in [-0.05, 0) is 31.1 Å². The van der Waals surface area contributed by atoms with Gasteiger partial charge in [0.1, 0.15) is 5.75 Å². The fraction of sp³-hybridized carbons (Fsp3) is 0.286. The standard InChI is InChI=1S/C14H16O4/c1-4-10(2)13(17-11(3)15)14(16)18-12-8-6-5-7-9-12/h5-9H,4H2,1-3H3/b13-10-. The van der Waals surface area contributed by atoms with E-state index >= 15 is 0 Å². The minimum absolute atomic E-state index is 0.0335. The van der Waals surface area contributed by atoms with Gasteiger partial charge in [0.2, 0.25) is 5.76 Å². The molecule has 4 heteroatoms.